The SMILES string of the molecule is Cc1noc(C)c1S(=O)(=O)N1CCC(C(=O)N(C)c2ccccc2-c2ccccc2)CC1. The fourth-order valence-electron chi connectivity index (χ4n) is 4.34. The van der Waals surface area contributed by atoms with Crippen LogP contribution in [-0.2, 0) is 14.8 Å². The van der Waals surface area contributed by atoms with Crippen molar-refractivity contribution in [2.24, 2.45) is 5.92 Å². The Bertz CT molecular complexity index is 1190. The van der Waals surface area contributed by atoms with Crippen molar-refractivity contribution >= 4 is 21.6 Å². The van der Waals surface area contributed by atoms with Crippen LogP contribution in [0.5, 0.6) is 0 Å². The number of amides is 1. The molecule has 0 N–H and O–H groups in total. The van der Waals surface area contributed by atoms with Crippen LogP contribution in [0.25, 0.3) is 11.1 Å². The highest BCUT2D eigenvalue weighted by Crippen LogP contribution is 2.33. The number of piperidine rings is 1. The first kappa shape index (κ1) is 22.2. The quantitative estimate of drug-likeness (QED) is 0.583. The first-order valence-electron chi connectivity index (χ1n) is 10.7. The maximum atomic E-state index is 13.3. The number of hydrogen-bond acceptors (Lipinski definition) is 5. The molecule has 0 radical (unpaired) electrons. The van der Waals surface area contributed by atoms with E-state index < -0.39 is 10.0 Å². The molecular weight excluding hydrogens is 426 g/mol. The summed E-state index contributed by atoms with van der Waals surface area (Å²) in [5.41, 5.74) is 3.23. The lowest BCUT2D eigenvalue weighted by Crippen LogP contribution is -2.43. The molecule has 2 heterocycles. The molecule has 4 rings (SSSR count). The summed E-state index contributed by atoms with van der Waals surface area (Å²) in [7, 11) is -1.90. The molecule has 1 amide bonds. The summed E-state index contributed by atoms with van der Waals surface area (Å²) < 4.78 is 32.6. The van der Waals surface area contributed by atoms with Gasteiger partial charge in [-0.05, 0) is 38.3 Å². The molecule has 2 aromatic carbocycles. The van der Waals surface area contributed by atoms with Gasteiger partial charge < -0.3 is 9.42 Å². The molecule has 0 spiro atoms. The molecule has 0 saturated carbocycles. The van der Waals surface area contributed by atoms with Crippen molar-refractivity contribution in [2.75, 3.05) is 25.0 Å². The van der Waals surface area contributed by atoms with Crippen molar-refractivity contribution in [3.05, 3.63) is 66.1 Å². The molecule has 0 unspecified atom stereocenters. The Labute approximate surface area is 188 Å². The number of carbonyl (C=O) groups excluding carboxylic acids is 1. The lowest BCUT2D eigenvalue weighted by Gasteiger charge is -2.33. The van der Waals surface area contributed by atoms with Gasteiger partial charge in [-0.1, -0.05) is 53.7 Å². The van der Waals surface area contributed by atoms with Crippen molar-refractivity contribution in [1.82, 2.24) is 9.46 Å². The van der Waals surface area contributed by atoms with Crippen molar-refractivity contribution in [2.45, 2.75) is 31.6 Å². The molecule has 32 heavy (non-hydrogen) atoms. The second-order valence-corrected chi connectivity index (χ2v) is 9.99. The van der Waals surface area contributed by atoms with Gasteiger partial charge in [0, 0.05) is 31.6 Å². The summed E-state index contributed by atoms with van der Waals surface area (Å²) >= 11 is 0. The third-order valence-corrected chi connectivity index (χ3v) is 8.19. The number of nitrogens with zero attached hydrogens (tertiary/aromatic N) is 3. The van der Waals surface area contributed by atoms with E-state index in [1.165, 1.54) is 4.31 Å². The van der Waals surface area contributed by atoms with E-state index in [1.807, 2.05) is 54.6 Å². The second-order valence-electron chi connectivity index (χ2n) is 8.11. The van der Waals surface area contributed by atoms with Gasteiger partial charge in [-0.2, -0.15) is 4.31 Å². The third kappa shape index (κ3) is 4.08. The number of aromatic nitrogens is 1. The zero-order valence-electron chi connectivity index (χ0n) is 18.5. The van der Waals surface area contributed by atoms with Gasteiger partial charge in [-0.3, -0.25) is 4.79 Å². The van der Waals surface area contributed by atoms with E-state index in [9.17, 15) is 13.2 Å². The first-order valence-corrected chi connectivity index (χ1v) is 12.1. The van der Waals surface area contributed by atoms with Crippen LogP contribution in [0.15, 0.2) is 64.0 Å². The summed E-state index contributed by atoms with van der Waals surface area (Å²) in [5, 5.41) is 3.77. The molecule has 3 aromatic rings. The van der Waals surface area contributed by atoms with Crippen LogP contribution in [0.2, 0.25) is 0 Å². The highest BCUT2D eigenvalue weighted by molar-refractivity contribution is 7.89. The molecule has 1 aliphatic rings. The highest BCUT2D eigenvalue weighted by Gasteiger charge is 2.36. The maximum absolute atomic E-state index is 13.3. The summed E-state index contributed by atoms with van der Waals surface area (Å²) in [4.78, 5) is 15.1. The number of benzene rings is 2. The van der Waals surface area contributed by atoms with Gasteiger partial charge in [-0.25, -0.2) is 8.42 Å². The fourth-order valence-corrected chi connectivity index (χ4v) is 6.10. The Kier molecular flexibility index (Phi) is 6.17. The lowest BCUT2D eigenvalue weighted by atomic mass is 9.95. The van der Waals surface area contributed by atoms with Gasteiger partial charge in [0.1, 0.15) is 10.6 Å². The fraction of sp³-hybridized carbons (Fsp3) is 0.333. The number of anilines is 1. The van der Waals surface area contributed by atoms with Gasteiger partial charge >= 0.3 is 0 Å². The van der Waals surface area contributed by atoms with Gasteiger partial charge in [0.15, 0.2) is 5.76 Å². The molecule has 1 aromatic heterocycles. The zero-order chi connectivity index (χ0) is 22.9. The molecule has 1 saturated heterocycles. The van der Waals surface area contributed by atoms with Crippen LogP contribution in [0.1, 0.15) is 24.3 Å². The average Bonchev–Trinajstić information content (AvgIpc) is 3.17. The van der Waals surface area contributed by atoms with Crippen molar-refractivity contribution in [3.63, 3.8) is 0 Å². The van der Waals surface area contributed by atoms with E-state index >= 15 is 0 Å². The largest absolute Gasteiger partial charge is 0.360 e. The Balaban J connectivity index is 1.49. The van der Waals surface area contributed by atoms with Crippen LogP contribution in [0.3, 0.4) is 0 Å². The molecule has 7 nitrogen and oxygen atoms in total. The van der Waals surface area contributed by atoms with Crippen molar-refractivity contribution < 1.29 is 17.7 Å². The number of para-hydroxylation sites is 1. The maximum Gasteiger partial charge on any atom is 0.248 e. The molecule has 0 bridgehead atoms. The molecule has 168 valence electrons. The lowest BCUT2D eigenvalue weighted by molar-refractivity contribution is -0.123. The Morgan fingerprint density at radius 2 is 1.66 bits per heavy atom. The van der Waals surface area contributed by atoms with Crippen LogP contribution >= 0.6 is 0 Å². The molecule has 0 atom stereocenters. The van der Waals surface area contributed by atoms with Crippen molar-refractivity contribution in [3.8, 4) is 11.1 Å². The summed E-state index contributed by atoms with van der Waals surface area (Å²) in [6.45, 7) is 3.80. The van der Waals surface area contributed by atoms with Gasteiger partial charge in [-0.15, -0.1) is 0 Å². The minimum Gasteiger partial charge on any atom is -0.360 e. The van der Waals surface area contributed by atoms with E-state index in [0.717, 1.165) is 16.8 Å². The zero-order valence-corrected chi connectivity index (χ0v) is 19.3. The molecular formula is C24H27N3O4S. The Morgan fingerprint density at radius 1 is 1.03 bits per heavy atom. The number of sulfonamides is 1. The van der Waals surface area contributed by atoms with Crippen LogP contribution < -0.4 is 4.90 Å². The molecule has 8 heteroatoms. The van der Waals surface area contributed by atoms with Gasteiger partial charge in [0.2, 0.25) is 15.9 Å². The van der Waals surface area contributed by atoms with Crippen molar-refractivity contribution in [1.29, 1.82) is 0 Å². The summed E-state index contributed by atoms with van der Waals surface area (Å²) in [5.74, 6) is 0.0562. The number of carbonyl (C=O) groups is 1. The van der Waals surface area contributed by atoms with Gasteiger partial charge in [0.25, 0.3) is 0 Å². The number of aryl methyl sites for hydroxylation is 2. The topological polar surface area (TPSA) is 83.7 Å². The van der Waals surface area contributed by atoms with Crippen LogP contribution in [0, 0.1) is 19.8 Å². The van der Waals surface area contributed by atoms with E-state index in [4.69, 9.17) is 4.52 Å². The summed E-state index contributed by atoms with van der Waals surface area (Å²) in [6, 6.07) is 17.8. The second kappa shape index (κ2) is 8.88. The first-order chi connectivity index (χ1) is 15.3. The molecule has 1 aliphatic heterocycles. The normalized spacial score (nSPS) is 15.6. The highest BCUT2D eigenvalue weighted by atomic mass is 32.2. The molecule has 1 fully saturated rings. The summed E-state index contributed by atoms with van der Waals surface area (Å²) in [6.07, 6.45) is 0.943. The van der Waals surface area contributed by atoms with E-state index in [1.54, 1.807) is 25.8 Å². The van der Waals surface area contributed by atoms with E-state index in [0.29, 0.717) is 18.5 Å². The number of rotatable bonds is 5. The monoisotopic (exact) mass is 453 g/mol. The predicted octanol–water partition coefficient (Wildman–Crippen LogP) is 4.02. The minimum atomic E-state index is -3.69. The van der Waals surface area contributed by atoms with Gasteiger partial charge in [0.05, 0.1) is 5.69 Å². The standard InChI is InChI=1S/C24H27N3O4S/c1-17-23(18(2)31-25-17)32(29,30)27-15-13-20(14-16-27)24(28)26(3)22-12-8-7-11-21(22)19-9-5-4-6-10-19/h4-12,20H,13-16H2,1-3H3. The Hall–Kier alpha value is -2.97. The number of hydrogen-bond donors (Lipinski definition) is 0. The van der Waals surface area contributed by atoms with E-state index in [-0.39, 0.29) is 35.6 Å². The van der Waals surface area contributed by atoms with Crippen LogP contribution in [0.4, 0.5) is 5.69 Å². The predicted molar refractivity (Wildman–Crippen MR) is 123 cm³/mol. The van der Waals surface area contributed by atoms with E-state index in [2.05, 4.69) is 5.16 Å². The Morgan fingerprint density at radius 3 is 2.28 bits per heavy atom. The minimum absolute atomic E-state index is 0.00256. The molecule has 0 aliphatic carbocycles. The smallest absolute Gasteiger partial charge is 0.248 e. The average molecular weight is 454 g/mol. The third-order valence-electron chi connectivity index (χ3n) is 6.05. The van der Waals surface area contributed by atoms with Crippen LogP contribution in [-0.4, -0.2) is 43.9 Å².